The first-order chi connectivity index (χ1) is 6.24. The molecule has 0 saturated heterocycles. The number of nitriles is 1. The van der Waals surface area contributed by atoms with Crippen LogP contribution in [0.2, 0.25) is 0 Å². The van der Waals surface area contributed by atoms with E-state index in [-0.39, 0.29) is 58.4 Å². The molecule has 0 aromatic heterocycles. The Bertz CT molecular complexity index is 384. The van der Waals surface area contributed by atoms with E-state index in [4.69, 9.17) is 10.4 Å². The minimum Gasteiger partial charge on any atom is -1.00 e. The molecule has 0 aliphatic carbocycles. The Hall–Kier alpha value is -0.444. The van der Waals surface area contributed by atoms with Gasteiger partial charge in [-0.1, -0.05) is 30.3 Å². The van der Waals surface area contributed by atoms with Crippen molar-refractivity contribution in [3.05, 3.63) is 42.0 Å². The van der Waals surface area contributed by atoms with Crippen molar-refractivity contribution in [2.75, 3.05) is 0 Å². The number of benzene rings is 1. The molecule has 1 aromatic carbocycles. The Morgan fingerprint density at radius 2 is 2.00 bits per heavy atom. The minimum atomic E-state index is -1.11. The van der Waals surface area contributed by atoms with E-state index in [0.717, 1.165) is 6.08 Å². The fraction of sp³-hybridized carbons (Fsp3) is 0. The van der Waals surface area contributed by atoms with Gasteiger partial charge in [-0.15, -0.1) is 0 Å². The third-order valence-electron chi connectivity index (χ3n) is 1.47. The van der Waals surface area contributed by atoms with Crippen molar-refractivity contribution in [3.63, 3.8) is 0 Å². The first kappa shape index (κ1) is 13.6. The van der Waals surface area contributed by atoms with Crippen LogP contribution in [0.3, 0.4) is 0 Å². The van der Waals surface area contributed by atoms with Crippen molar-refractivity contribution in [3.8, 4) is 6.07 Å². The average Bonchev–Trinajstić information content (AvgIpc) is 2.15. The van der Waals surface area contributed by atoms with Crippen LogP contribution < -0.4 is 51.4 Å². The normalized spacial score (nSPS) is 9.79. The van der Waals surface area contributed by atoms with Crippen LogP contribution in [0.4, 0.5) is 0 Å². The Balaban J connectivity index is 0. The van der Waals surface area contributed by atoms with E-state index in [0.29, 0.717) is 5.56 Å². The van der Waals surface area contributed by atoms with Gasteiger partial charge in [-0.2, -0.15) is 5.26 Å². The number of aliphatic carboxylic acids is 1. The number of hydrogen-bond donors (Lipinski definition) is 1. The van der Waals surface area contributed by atoms with E-state index < -0.39 is 5.97 Å². The number of carboxylic acid groups (broad SMARTS) is 1. The molecular formula is C10H8KNO2. The quantitative estimate of drug-likeness (QED) is 0.381. The van der Waals surface area contributed by atoms with Gasteiger partial charge in [0.05, 0.1) is 5.57 Å². The monoisotopic (exact) mass is 213 g/mol. The maximum atomic E-state index is 10.3. The zero-order chi connectivity index (χ0) is 9.68. The Labute approximate surface area is 126 Å². The van der Waals surface area contributed by atoms with E-state index in [1.165, 1.54) is 0 Å². The van der Waals surface area contributed by atoms with E-state index in [2.05, 4.69) is 0 Å². The van der Waals surface area contributed by atoms with Gasteiger partial charge in [0.25, 0.3) is 0 Å². The summed E-state index contributed by atoms with van der Waals surface area (Å²) in [5, 5.41) is 17.1. The number of nitrogens with zero attached hydrogens (tertiary/aromatic N) is 1. The molecule has 0 bridgehead atoms. The molecule has 0 radical (unpaired) electrons. The summed E-state index contributed by atoms with van der Waals surface area (Å²) in [6, 6.07) is 10.5. The van der Waals surface area contributed by atoms with Gasteiger partial charge in [0.1, 0.15) is 6.07 Å². The summed E-state index contributed by atoms with van der Waals surface area (Å²) in [6.07, 6.45) is 0.898. The molecule has 4 heteroatoms. The first-order valence-electron chi connectivity index (χ1n) is 3.64. The van der Waals surface area contributed by atoms with Gasteiger partial charge in [-0.25, -0.2) is 4.79 Å². The standard InChI is InChI=1S/C10H7NO2.K.H/c11-7-9(6-10(12)13)8-4-2-1-3-5-8;;/h1-6H,(H,12,13);;/q;+1;-1/b9-6-;;. The Morgan fingerprint density at radius 1 is 1.43 bits per heavy atom. The molecule has 0 fully saturated rings. The molecule has 14 heavy (non-hydrogen) atoms. The Kier molecular flexibility index (Phi) is 6.71. The average molecular weight is 213 g/mol. The van der Waals surface area contributed by atoms with Gasteiger partial charge in [-0.05, 0) is 5.56 Å². The number of carboxylic acids is 1. The molecule has 1 N–H and O–H groups in total. The van der Waals surface area contributed by atoms with E-state index >= 15 is 0 Å². The third-order valence-corrected chi connectivity index (χ3v) is 1.47. The largest absolute Gasteiger partial charge is 1.00 e. The van der Waals surface area contributed by atoms with Gasteiger partial charge in [0.15, 0.2) is 0 Å². The number of hydrogen-bond acceptors (Lipinski definition) is 2. The minimum absolute atomic E-state index is 0. The molecule has 0 atom stereocenters. The summed E-state index contributed by atoms with van der Waals surface area (Å²) in [6.45, 7) is 0. The van der Waals surface area contributed by atoms with Crippen LogP contribution >= 0.6 is 0 Å². The van der Waals surface area contributed by atoms with Gasteiger partial charge >= 0.3 is 57.4 Å². The number of rotatable bonds is 2. The number of allylic oxidation sites excluding steroid dienone is 1. The van der Waals surface area contributed by atoms with Crippen molar-refractivity contribution in [2.45, 2.75) is 0 Å². The fourth-order valence-corrected chi connectivity index (χ4v) is 0.921. The zero-order valence-corrected chi connectivity index (χ0v) is 10.9. The van der Waals surface area contributed by atoms with Gasteiger partial charge < -0.3 is 6.53 Å². The molecule has 0 saturated carbocycles. The first-order valence-corrected chi connectivity index (χ1v) is 3.64. The molecule has 1 aromatic rings. The van der Waals surface area contributed by atoms with E-state index in [9.17, 15) is 4.79 Å². The molecule has 3 nitrogen and oxygen atoms in total. The van der Waals surface area contributed by atoms with E-state index in [1.807, 2.05) is 6.07 Å². The van der Waals surface area contributed by atoms with Crippen LogP contribution in [0, 0.1) is 11.3 Å². The molecule has 0 spiro atoms. The molecule has 0 aliphatic rings. The second-order valence-electron chi connectivity index (χ2n) is 2.37. The van der Waals surface area contributed by atoms with Crippen molar-refractivity contribution in [2.24, 2.45) is 0 Å². The summed E-state index contributed by atoms with van der Waals surface area (Å²) in [4.78, 5) is 10.3. The number of carbonyl (C=O) groups is 1. The molecule has 0 unspecified atom stereocenters. The van der Waals surface area contributed by atoms with Crippen molar-refractivity contribution >= 4 is 11.5 Å². The summed E-state index contributed by atoms with van der Waals surface area (Å²) >= 11 is 0. The SMILES string of the molecule is N#C/C(=C/C(=O)O)c1ccccc1.[H-].[K+]. The van der Waals surface area contributed by atoms with Gasteiger partial charge in [0.2, 0.25) is 0 Å². The van der Waals surface area contributed by atoms with E-state index in [1.54, 1.807) is 30.3 Å². The Morgan fingerprint density at radius 3 is 2.43 bits per heavy atom. The maximum Gasteiger partial charge on any atom is 1.00 e. The zero-order valence-electron chi connectivity index (χ0n) is 8.77. The maximum absolute atomic E-state index is 10.3. The van der Waals surface area contributed by atoms with Crippen LogP contribution in [-0.4, -0.2) is 11.1 Å². The van der Waals surface area contributed by atoms with Crippen molar-refractivity contribution in [1.82, 2.24) is 0 Å². The fourth-order valence-electron chi connectivity index (χ4n) is 0.921. The third kappa shape index (κ3) is 4.18. The van der Waals surface area contributed by atoms with Crippen LogP contribution in [-0.2, 0) is 4.79 Å². The van der Waals surface area contributed by atoms with Crippen molar-refractivity contribution < 1.29 is 62.7 Å². The smallest absolute Gasteiger partial charge is 1.00 e. The van der Waals surface area contributed by atoms with Crippen LogP contribution in [0.15, 0.2) is 36.4 Å². The molecule has 66 valence electrons. The summed E-state index contributed by atoms with van der Waals surface area (Å²) in [5.74, 6) is -1.11. The molecule has 0 aliphatic heterocycles. The van der Waals surface area contributed by atoms with Gasteiger partial charge in [0, 0.05) is 6.08 Å². The van der Waals surface area contributed by atoms with Crippen LogP contribution in [0.1, 0.15) is 6.99 Å². The van der Waals surface area contributed by atoms with Gasteiger partial charge in [-0.3, -0.25) is 0 Å². The van der Waals surface area contributed by atoms with Crippen molar-refractivity contribution in [1.29, 1.82) is 5.26 Å². The summed E-state index contributed by atoms with van der Waals surface area (Å²) in [7, 11) is 0. The van der Waals surface area contributed by atoms with Crippen LogP contribution in [0.25, 0.3) is 5.57 Å². The molecule has 1 rings (SSSR count). The topological polar surface area (TPSA) is 61.1 Å². The molecular weight excluding hydrogens is 205 g/mol. The predicted molar refractivity (Wildman–Crippen MR) is 48.8 cm³/mol. The molecule has 0 heterocycles. The second-order valence-corrected chi connectivity index (χ2v) is 2.37. The summed E-state index contributed by atoms with van der Waals surface area (Å²) in [5.41, 5.74) is 0.778. The molecule has 0 amide bonds. The summed E-state index contributed by atoms with van der Waals surface area (Å²) < 4.78 is 0. The second kappa shape index (κ2) is 6.93. The predicted octanol–water partition coefficient (Wildman–Crippen LogP) is -1.21. The van der Waals surface area contributed by atoms with Crippen LogP contribution in [0.5, 0.6) is 0 Å².